The van der Waals surface area contributed by atoms with E-state index in [2.05, 4.69) is 4.98 Å². The van der Waals surface area contributed by atoms with Gasteiger partial charge in [-0.25, -0.2) is 16.8 Å². The number of H-pyrrole nitrogens is 1. The van der Waals surface area contributed by atoms with Crippen molar-refractivity contribution in [1.82, 2.24) is 4.98 Å². The van der Waals surface area contributed by atoms with E-state index >= 15 is 0 Å². The van der Waals surface area contributed by atoms with Gasteiger partial charge in [0.2, 0.25) is 20.8 Å². The maximum Gasteiger partial charge on any atom is 1.00 e. The second-order valence-corrected chi connectivity index (χ2v) is 12.2. The van der Waals surface area contributed by atoms with Crippen molar-refractivity contribution >= 4 is 47.9 Å². The molecule has 0 unspecified atom stereocenters. The molecule has 0 radical (unpaired) electrons. The predicted octanol–water partition coefficient (Wildman–Crippen LogP) is -1.21. The minimum Gasteiger partial charge on any atom is -0.726 e. The zero-order valence-corrected chi connectivity index (χ0v) is 30.0. The number of ether oxygens (including phenoxy) is 1. The van der Waals surface area contributed by atoms with Crippen LogP contribution in [0.15, 0.2) is 109 Å². The molecular formula is C31H25NNa2O9S2. The first-order valence-electron chi connectivity index (χ1n) is 13.3. The van der Waals surface area contributed by atoms with E-state index in [0.29, 0.717) is 16.5 Å². The van der Waals surface area contributed by atoms with Gasteiger partial charge in [-0.3, -0.25) is 8.37 Å². The maximum atomic E-state index is 12.1. The van der Waals surface area contributed by atoms with Crippen LogP contribution in [0.3, 0.4) is 0 Å². The molecule has 5 aromatic rings. The Morgan fingerprint density at radius 1 is 0.711 bits per heavy atom. The summed E-state index contributed by atoms with van der Waals surface area (Å²) in [7, 11) is -10.9. The molecule has 10 nitrogen and oxygen atoms in total. The van der Waals surface area contributed by atoms with Crippen LogP contribution in [0.25, 0.3) is 27.1 Å². The third-order valence-electron chi connectivity index (χ3n) is 7.46. The molecule has 0 amide bonds. The van der Waals surface area contributed by atoms with Crippen LogP contribution in [-0.4, -0.2) is 49.2 Å². The van der Waals surface area contributed by atoms with E-state index in [0.717, 1.165) is 21.7 Å². The van der Waals surface area contributed by atoms with Gasteiger partial charge in [0.15, 0.2) is 0 Å². The number of hydrogen-bond acceptors (Lipinski definition) is 9. The van der Waals surface area contributed by atoms with Gasteiger partial charge in [-0.2, -0.15) is 0 Å². The Kier molecular flexibility index (Phi) is 11.9. The van der Waals surface area contributed by atoms with Crippen molar-refractivity contribution in [3.05, 3.63) is 126 Å². The van der Waals surface area contributed by atoms with Gasteiger partial charge in [-0.05, 0) is 55.9 Å². The summed E-state index contributed by atoms with van der Waals surface area (Å²) in [6.45, 7) is -0.0521. The molecule has 0 saturated heterocycles. The summed E-state index contributed by atoms with van der Waals surface area (Å²) in [5.74, 6) is -0.748. The number of aromatic nitrogens is 1. The summed E-state index contributed by atoms with van der Waals surface area (Å²) < 4.78 is 88.6. The fourth-order valence-electron chi connectivity index (χ4n) is 5.68. The van der Waals surface area contributed by atoms with Crippen LogP contribution >= 0.6 is 0 Å². The average Bonchev–Trinajstić information content (AvgIpc) is 3.50. The minimum absolute atomic E-state index is 0. The quantitative estimate of drug-likeness (QED) is 0.116. The van der Waals surface area contributed by atoms with Gasteiger partial charge in [0.05, 0.1) is 12.7 Å². The van der Waals surface area contributed by atoms with Crippen molar-refractivity contribution < 1.29 is 98.2 Å². The molecule has 0 aliphatic heterocycles. The minimum atomic E-state index is -5.44. The van der Waals surface area contributed by atoms with Crippen LogP contribution in [0.4, 0.5) is 0 Å². The summed E-state index contributed by atoms with van der Waals surface area (Å²) in [6.07, 6.45) is 0.0634. The summed E-state index contributed by atoms with van der Waals surface area (Å²) in [4.78, 5) is 2.96. The number of hydrogen-bond donors (Lipinski definition) is 1. The third kappa shape index (κ3) is 8.54. The van der Waals surface area contributed by atoms with Gasteiger partial charge in [0.1, 0.15) is 12.2 Å². The molecule has 1 aliphatic carbocycles. The second-order valence-electron chi connectivity index (χ2n) is 10.2. The first-order chi connectivity index (χ1) is 20.6. The number of aromatic amines is 1. The SMILES string of the molecule is O=S(=O)([O-])O[C@H]1[C@H](OCc2ccc3ccccc3c2)[C@@H](c2cc[nH]c2)C=C(c2cccc3ccccc23)[C@H]1OS(=O)(=O)[O-].[Na+].[Na+]. The second kappa shape index (κ2) is 14.9. The van der Waals surface area contributed by atoms with Crippen LogP contribution in [-0.2, 0) is 40.5 Å². The molecule has 0 spiro atoms. The van der Waals surface area contributed by atoms with Gasteiger partial charge in [-0.15, -0.1) is 0 Å². The van der Waals surface area contributed by atoms with Crippen LogP contribution in [0.5, 0.6) is 0 Å². The Bertz CT molecular complexity index is 2030. The molecule has 222 valence electrons. The monoisotopic (exact) mass is 665 g/mol. The third-order valence-corrected chi connectivity index (χ3v) is 8.36. The Hall–Kier alpha value is -1.88. The molecular weight excluding hydrogens is 640 g/mol. The largest absolute Gasteiger partial charge is 1.00 e. The van der Waals surface area contributed by atoms with E-state index < -0.39 is 45.0 Å². The Balaban J connectivity index is 0.00000230. The van der Waals surface area contributed by atoms with Crippen LogP contribution in [0.2, 0.25) is 0 Å². The van der Waals surface area contributed by atoms with E-state index in [4.69, 9.17) is 13.1 Å². The summed E-state index contributed by atoms with van der Waals surface area (Å²) in [6, 6.07) is 27.6. The maximum absolute atomic E-state index is 12.1. The number of fused-ring (bicyclic) bond motifs is 2. The first-order valence-corrected chi connectivity index (χ1v) is 15.9. The van der Waals surface area contributed by atoms with Crippen molar-refractivity contribution in [2.75, 3.05) is 0 Å². The molecule has 0 saturated carbocycles. The van der Waals surface area contributed by atoms with Crippen molar-refractivity contribution in [3.63, 3.8) is 0 Å². The molecule has 6 rings (SSSR count). The van der Waals surface area contributed by atoms with E-state index in [1.54, 1.807) is 48.8 Å². The fraction of sp³-hybridized carbons (Fsp3) is 0.161. The summed E-state index contributed by atoms with van der Waals surface area (Å²) in [5.41, 5.74) is 1.99. The van der Waals surface area contributed by atoms with Crippen molar-refractivity contribution in [1.29, 1.82) is 0 Å². The average molecular weight is 666 g/mol. The van der Waals surface area contributed by atoms with E-state index in [9.17, 15) is 25.9 Å². The van der Waals surface area contributed by atoms with Crippen molar-refractivity contribution in [2.24, 2.45) is 0 Å². The van der Waals surface area contributed by atoms with Crippen LogP contribution < -0.4 is 59.1 Å². The summed E-state index contributed by atoms with van der Waals surface area (Å²) >= 11 is 0. The summed E-state index contributed by atoms with van der Waals surface area (Å²) in [5, 5.41) is 3.43. The zero-order chi connectivity index (χ0) is 30.2. The van der Waals surface area contributed by atoms with Crippen LogP contribution in [0, 0.1) is 0 Å². The molecule has 1 heterocycles. The Labute approximate surface area is 305 Å². The van der Waals surface area contributed by atoms with Gasteiger partial charge >= 0.3 is 59.1 Å². The number of rotatable bonds is 9. The van der Waals surface area contributed by atoms with E-state index in [1.807, 2.05) is 60.7 Å². The number of nitrogens with one attached hydrogen (secondary N) is 1. The standard InChI is InChI=1S/C31H27NO9S2.2Na/c33-42(34,35)40-30-28(26-11-5-9-22-7-3-4-10-25(22)26)17-27(24-14-15-32-18-24)29(31(30)41-43(36,37)38)39-19-20-12-13-21-6-1-2-8-23(21)16-20;;/h1-18,27,29-32H,19H2,(H,33,34,35)(H,36,37,38);;/q;2*+1/p-2/t27-,29-,30-,31+;;/m1../s1. The molecule has 1 aliphatic rings. The zero-order valence-electron chi connectivity index (χ0n) is 24.4. The molecule has 45 heavy (non-hydrogen) atoms. The fourth-order valence-corrected chi connectivity index (χ4v) is 6.63. The molecule has 4 atom stereocenters. The number of benzene rings is 4. The molecule has 1 aromatic heterocycles. The Morgan fingerprint density at radius 3 is 2.07 bits per heavy atom. The van der Waals surface area contributed by atoms with Gasteiger partial charge < -0.3 is 18.8 Å². The van der Waals surface area contributed by atoms with Crippen LogP contribution in [0.1, 0.15) is 22.6 Å². The molecule has 0 bridgehead atoms. The van der Waals surface area contributed by atoms with Gasteiger partial charge in [0, 0.05) is 18.3 Å². The van der Waals surface area contributed by atoms with E-state index in [1.165, 1.54) is 0 Å². The molecule has 4 aromatic carbocycles. The smallest absolute Gasteiger partial charge is 0.726 e. The van der Waals surface area contributed by atoms with Gasteiger partial charge in [-0.1, -0.05) is 84.9 Å². The van der Waals surface area contributed by atoms with E-state index in [-0.39, 0.29) is 71.3 Å². The predicted molar refractivity (Wildman–Crippen MR) is 157 cm³/mol. The van der Waals surface area contributed by atoms with Gasteiger partial charge in [0.25, 0.3) is 0 Å². The molecule has 0 fully saturated rings. The first kappa shape index (κ1) is 36.0. The topological polar surface area (TPSA) is 158 Å². The molecule has 1 N–H and O–H groups in total. The van der Waals surface area contributed by atoms with Crippen molar-refractivity contribution in [3.8, 4) is 0 Å². The Morgan fingerprint density at radius 2 is 1.38 bits per heavy atom. The molecule has 14 heteroatoms. The normalized spacial score (nSPS) is 20.3. The van der Waals surface area contributed by atoms with Crippen molar-refractivity contribution in [2.45, 2.75) is 30.8 Å².